The third kappa shape index (κ3) is 5.15. The number of hydrogen-bond acceptors (Lipinski definition) is 9. The van der Waals surface area contributed by atoms with E-state index in [4.69, 9.17) is 28.4 Å². The summed E-state index contributed by atoms with van der Waals surface area (Å²) in [5.74, 6) is 0.358. The van der Waals surface area contributed by atoms with Crippen LogP contribution in [0.15, 0.2) is 24.3 Å². The number of alkyl halides is 2. The van der Waals surface area contributed by atoms with Gasteiger partial charge >= 0.3 is 0 Å². The number of likely N-dealkylation sites (tertiary alicyclic amines) is 1. The Labute approximate surface area is 238 Å². The van der Waals surface area contributed by atoms with Gasteiger partial charge in [0.05, 0.1) is 42.7 Å². The highest BCUT2D eigenvalue weighted by molar-refractivity contribution is 6.16. The van der Waals surface area contributed by atoms with Crippen molar-refractivity contribution in [1.82, 2.24) is 4.90 Å². The number of rotatable bonds is 13. The number of Topliss-reactive ketones (excluding diaryl/α,β-unsaturated/α-hetero) is 1. The number of nitrogens with zero attached hydrogens (tertiary/aromatic N) is 2. The minimum Gasteiger partial charge on any atom is -0.493 e. The number of carbonyl (C=O) groups is 2. The average Bonchev–Trinajstić information content (AvgIpc) is 3.31. The van der Waals surface area contributed by atoms with Gasteiger partial charge in [-0.3, -0.25) is 9.59 Å². The smallest absolute Gasteiger partial charge is 0.298 e. The third-order valence-electron chi connectivity index (χ3n) is 7.84. The van der Waals surface area contributed by atoms with Crippen molar-refractivity contribution < 1.29 is 46.8 Å². The lowest BCUT2D eigenvalue weighted by molar-refractivity contribution is -0.149. The Hall–Kier alpha value is -3.96. The summed E-state index contributed by atoms with van der Waals surface area (Å²) >= 11 is 0. The van der Waals surface area contributed by atoms with Crippen LogP contribution in [0, 0.1) is 0 Å². The molecule has 12 heteroatoms. The highest BCUT2D eigenvalue weighted by Gasteiger charge is 2.63. The highest BCUT2D eigenvalue weighted by Crippen LogP contribution is 2.49. The van der Waals surface area contributed by atoms with Crippen molar-refractivity contribution in [2.24, 2.45) is 0 Å². The van der Waals surface area contributed by atoms with E-state index in [1.165, 1.54) is 52.5 Å². The maximum atomic E-state index is 14.1. The first kappa shape index (κ1) is 30.0. The second-order valence-electron chi connectivity index (χ2n) is 9.86. The van der Waals surface area contributed by atoms with Crippen molar-refractivity contribution >= 4 is 17.4 Å². The number of methoxy groups -OCH3 is 6. The highest BCUT2D eigenvalue weighted by atomic mass is 19.3. The lowest BCUT2D eigenvalue weighted by Crippen LogP contribution is -2.70. The molecular formula is C29H36F2N2O8. The zero-order valence-electron chi connectivity index (χ0n) is 24.1. The van der Waals surface area contributed by atoms with E-state index in [9.17, 15) is 18.4 Å². The molecule has 2 fully saturated rings. The van der Waals surface area contributed by atoms with Crippen molar-refractivity contribution in [2.75, 3.05) is 60.6 Å². The van der Waals surface area contributed by atoms with Crippen LogP contribution in [0.5, 0.6) is 34.5 Å². The van der Waals surface area contributed by atoms with Crippen LogP contribution in [0.2, 0.25) is 0 Å². The van der Waals surface area contributed by atoms with E-state index < -0.39 is 23.7 Å². The minimum atomic E-state index is -3.32. The molecule has 2 aromatic carbocycles. The topological polar surface area (TPSA) is 96.0 Å². The van der Waals surface area contributed by atoms with Gasteiger partial charge in [0.15, 0.2) is 28.5 Å². The Balaban J connectivity index is 1.63. The second kappa shape index (κ2) is 12.3. The SMILES string of the molecule is COc1cc(CCCN2C[C@H]3CC[C@](C(=O)C(F)F)(C2=O)N3c2cc(OC)c(OC)c(OC)c2)cc(OC)c1OC. The number of carbonyl (C=O) groups excluding carboxylic acids is 2. The van der Waals surface area contributed by atoms with Crippen LogP contribution < -0.4 is 33.3 Å². The average molecular weight is 579 g/mol. The fourth-order valence-corrected chi connectivity index (χ4v) is 6.03. The van der Waals surface area contributed by atoms with E-state index in [1.807, 2.05) is 12.1 Å². The molecule has 0 aliphatic carbocycles. The van der Waals surface area contributed by atoms with Gasteiger partial charge in [-0.05, 0) is 43.4 Å². The number of hydrogen-bond donors (Lipinski definition) is 0. The predicted molar refractivity (Wildman–Crippen MR) is 146 cm³/mol. The molecule has 2 atom stereocenters. The Morgan fingerprint density at radius 1 is 0.878 bits per heavy atom. The van der Waals surface area contributed by atoms with Gasteiger partial charge in [-0.2, -0.15) is 0 Å². The Kier molecular flexibility index (Phi) is 8.98. The number of aryl methyl sites for hydroxylation is 1. The molecule has 4 rings (SSSR count). The summed E-state index contributed by atoms with van der Waals surface area (Å²) in [6, 6.07) is 6.47. The second-order valence-corrected chi connectivity index (χ2v) is 9.86. The largest absolute Gasteiger partial charge is 0.493 e. The Bertz CT molecular complexity index is 1240. The van der Waals surface area contributed by atoms with Gasteiger partial charge in [-0.25, -0.2) is 8.78 Å². The van der Waals surface area contributed by atoms with Crippen LogP contribution >= 0.6 is 0 Å². The Morgan fingerprint density at radius 3 is 1.85 bits per heavy atom. The molecule has 0 radical (unpaired) electrons. The van der Waals surface area contributed by atoms with Crippen LogP contribution in [-0.4, -0.2) is 90.3 Å². The molecule has 2 heterocycles. The minimum absolute atomic E-state index is 0.0142. The fraction of sp³-hybridized carbons (Fsp3) is 0.517. The van der Waals surface area contributed by atoms with E-state index in [0.29, 0.717) is 59.4 Å². The number of fused-ring (bicyclic) bond motifs is 2. The summed E-state index contributed by atoms with van der Waals surface area (Å²) in [5, 5.41) is 0. The summed E-state index contributed by atoms with van der Waals surface area (Å²) in [7, 11) is 8.91. The molecule has 2 aliphatic heterocycles. The van der Waals surface area contributed by atoms with Crippen LogP contribution in [-0.2, 0) is 16.0 Å². The summed E-state index contributed by atoms with van der Waals surface area (Å²) in [6.07, 6.45) is -1.86. The van der Waals surface area contributed by atoms with Crippen molar-refractivity contribution in [3.63, 3.8) is 0 Å². The van der Waals surface area contributed by atoms with Crippen molar-refractivity contribution in [1.29, 1.82) is 0 Å². The van der Waals surface area contributed by atoms with Crippen LogP contribution in [0.25, 0.3) is 0 Å². The van der Waals surface area contributed by atoms with Crippen LogP contribution in [0.1, 0.15) is 24.8 Å². The molecule has 224 valence electrons. The first-order valence-electron chi connectivity index (χ1n) is 13.2. The van der Waals surface area contributed by atoms with Crippen molar-refractivity contribution in [3.05, 3.63) is 29.8 Å². The quantitative estimate of drug-likeness (QED) is 0.329. The predicted octanol–water partition coefficient (Wildman–Crippen LogP) is 3.76. The number of ketones is 1. The molecule has 41 heavy (non-hydrogen) atoms. The number of benzene rings is 2. The Morgan fingerprint density at radius 2 is 1.39 bits per heavy atom. The first-order valence-corrected chi connectivity index (χ1v) is 13.2. The molecule has 1 amide bonds. The zero-order chi connectivity index (χ0) is 29.9. The van der Waals surface area contributed by atoms with Gasteiger partial charge in [-0.1, -0.05) is 0 Å². The standard InChI is InChI=1S/C29H36F2N2O8/c1-36-20-12-17(13-21(37-2)24(20)40-5)8-7-11-32-16-18-9-10-29(28(32)35,26(34)27(30)31)33(18)19-14-22(38-3)25(41-6)23(15-19)39-4/h12-15,18,27H,7-11,16H2,1-6H3/t18-,29+/m1/s1. The molecule has 0 spiro atoms. The lowest BCUT2D eigenvalue weighted by atomic mass is 9.87. The monoisotopic (exact) mass is 578 g/mol. The molecule has 2 bridgehead atoms. The molecule has 0 saturated carbocycles. The van der Waals surface area contributed by atoms with E-state index in [-0.39, 0.29) is 25.6 Å². The fourth-order valence-electron chi connectivity index (χ4n) is 6.03. The number of halogens is 2. The number of ether oxygens (including phenoxy) is 6. The van der Waals surface area contributed by atoms with Crippen molar-refractivity contribution in [2.45, 2.75) is 43.7 Å². The van der Waals surface area contributed by atoms with E-state index in [1.54, 1.807) is 12.1 Å². The molecule has 0 aromatic heterocycles. The molecule has 2 aliphatic rings. The molecule has 10 nitrogen and oxygen atoms in total. The van der Waals surface area contributed by atoms with Gasteiger partial charge in [-0.15, -0.1) is 0 Å². The number of anilines is 1. The molecule has 2 aromatic rings. The maximum Gasteiger partial charge on any atom is 0.298 e. The molecular weight excluding hydrogens is 542 g/mol. The maximum absolute atomic E-state index is 14.1. The van der Waals surface area contributed by atoms with E-state index in [2.05, 4.69) is 0 Å². The summed E-state index contributed by atoms with van der Waals surface area (Å²) in [4.78, 5) is 30.2. The van der Waals surface area contributed by atoms with Crippen molar-refractivity contribution in [3.8, 4) is 34.5 Å². The summed E-state index contributed by atoms with van der Waals surface area (Å²) < 4.78 is 60.7. The number of amides is 1. The summed E-state index contributed by atoms with van der Waals surface area (Å²) in [5.41, 5.74) is -0.764. The molecule has 0 unspecified atom stereocenters. The van der Waals surface area contributed by atoms with Gasteiger partial charge in [0.1, 0.15) is 0 Å². The van der Waals surface area contributed by atoms with Gasteiger partial charge < -0.3 is 38.2 Å². The van der Waals surface area contributed by atoms with E-state index >= 15 is 0 Å². The van der Waals surface area contributed by atoms with Gasteiger partial charge in [0, 0.05) is 37.0 Å². The number of piperazine rings is 1. The lowest BCUT2D eigenvalue weighted by Gasteiger charge is -2.48. The third-order valence-corrected chi connectivity index (χ3v) is 7.84. The van der Waals surface area contributed by atoms with Gasteiger partial charge in [0.25, 0.3) is 12.3 Å². The molecule has 2 saturated heterocycles. The first-order chi connectivity index (χ1) is 19.7. The van der Waals surface area contributed by atoms with E-state index in [0.717, 1.165) is 5.56 Å². The van der Waals surface area contributed by atoms with Crippen LogP contribution in [0.4, 0.5) is 14.5 Å². The van der Waals surface area contributed by atoms with Gasteiger partial charge in [0.2, 0.25) is 17.3 Å². The summed E-state index contributed by atoms with van der Waals surface area (Å²) in [6.45, 7) is 0.566. The molecule has 0 N–H and O–H groups in total. The normalized spacial score (nSPS) is 19.8. The zero-order valence-corrected chi connectivity index (χ0v) is 24.1. The van der Waals surface area contributed by atoms with Crippen LogP contribution in [0.3, 0.4) is 0 Å².